The van der Waals surface area contributed by atoms with E-state index >= 15 is 0 Å². The summed E-state index contributed by atoms with van der Waals surface area (Å²) in [6.45, 7) is 8.47. The van der Waals surface area contributed by atoms with Crippen molar-refractivity contribution in [3.05, 3.63) is 0 Å². The molecule has 0 heterocycles. The zero-order valence-electron chi connectivity index (χ0n) is 10.7. The Labute approximate surface area is 97.3 Å². The minimum Gasteiger partial charge on any atom is -0.298 e. The van der Waals surface area contributed by atoms with Gasteiger partial charge in [-0.1, -0.05) is 20.8 Å². The highest BCUT2D eigenvalue weighted by Crippen LogP contribution is 2.34. The van der Waals surface area contributed by atoms with Crippen LogP contribution in [0.1, 0.15) is 47.0 Å². The fraction of sp³-hybridized carbons (Fsp3) is 0.769. The van der Waals surface area contributed by atoms with Crippen LogP contribution in [-0.4, -0.2) is 23.8 Å². The lowest BCUT2D eigenvalue weighted by molar-refractivity contribution is -0.136. The molecule has 1 aliphatic rings. The van der Waals surface area contributed by atoms with E-state index in [0.29, 0.717) is 25.1 Å². The molecule has 0 aromatic rings. The highest BCUT2D eigenvalue weighted by atomic mass is 16.2. The van der Waals surface area contributed by atoms with Crippen LogP contribution in [0.2, 0.25) is 0 Å². The fourth-order valence-corrected chi connectivity index (χ4v) is 2.23. The molecule has 0 aromatic heterocycles. The Balaban J connectivity index is 2.82. The van der Waals surface area contributed by atoms with Crippen LogP contribution in [-0.2, 0) is 9.59 Å². The Bertz CT molecular complexity index is 309. The van der Waals surface area contributed by atoms with Gasteiger partial charge in [-0.2, -0.15) is 0 Å². The number of carbonyl (C=O) groups is 2. The molecule has 0 saturated heterocycles. The highest BCUT2D eigenvalue weighted by Gasteiger charge is 2.40. The van der Waals surface area contributed by atoms with E-state index in [0.717, 1.165) is 6.42 Å². The zero-order valence-corrected chi connectivity index (χ0v) is 10.7. The standard InChI is InChI=1S/C13H21NO2/c1-5-6-14-9(2)12-10(15)7-13(3,4)8-11(12)16/h12H,5-8H2,1-4H3. The summed E-state index contributed by atoms with van der Waals surface area (Å²) in [4.78, 5) is 28.1. The quantitative estimate of drug-likeness (QED) is 0.545. The summed E-state index contributed by atoms with van der Waals surface area (Å²) in [6, 6.07) is 0. The molecular weight excluding hydrogens is 202 g/mol. The lowest BCUT2D eigenvalue weighted by Crippen LogP contribution is -2.41. The monoisotopic (exact) mass is 223 g/mol. The van der Waals surface area contributed by atoms with Gasteiger partial charge in [-0.25, -0.2) is 0 Å². The normalized spacial score (nSPS) is 22.6. The number of Topliss-reactive ketones (excluding diaryl/α,β-unsaturated/α-hetero) is 2. The Hall–Kier alpha value is -0.990. The average molecular weight is 223 g/mol. The van der Waals surface area contributed by atoms with Gasteiger partial charge in [0.1, 0.15) is 17.5 Å². The van der Waals surface area contributed by atoms with Gasteiger partial charge in [-0.05, 0) is 18.8 Å². The molecule has 1 saturated carbocycles. The van der Waals surface area contributed by atoms with Crippen molar-refractivity contribution in [2.24, 2.45) is 16.3 Å². The van der Waals surface area contributed by atoms with Crippen molar-refractivity contribution in [2.45, 2.75) is 47.0 Å². The Kier molecular flexibility index (Phi) is 4.00. The van der Waals surface area contributed by atoms with Crippen LogP contribution in [0.3, 0.4) is 0 Å². The smallest absolute Gasteiger partial charge is 0.149 e. The molecule has 3 nitrogen and oxygen atoms in total. The van der Waals surface area contributed by atoms with Gasteiger partial charge in [0.15, 0.2) is 0 Å². The molecular formula is C13H21NO2. The number of aliphatic imine (C=N–C) groups is 1. The summed E-state index contributed by atoms with van der Waals surface area (Å²) in [5, 5.41) is 0. The van der Waals surface area contributed by atoms with Crippen LogP contribution >= 0.6 is 0 Å². The third kappa shape index (κ3) is 3.00. The summed E-state index contributed by atoms with van der Waals surface area (Å²) >= 11 is 0. The third-order valence-corrected chi connectivity index (χ3v) is 2.95. The van der Waals surface area contributed by atoms with Gasteiger partial charge in [0, 0.05) is 25.1 Å². The maximum absolute atomic E-state index is 11.9. The first-order valence-corrected chi connectivity index (χ1v) is 5.94. The number of nitrogens with zero attached hydrogens (tertiary/aromatic N) is 1. The summed E-state index contributed by atoms with van der Waals surface area (Å²) in [7, 11) is 0. The summed E-state index contributed by atoms with van der Waals surface area (Å²) in [6.07, 6.45) is 1.92. The number of carbonyl (C=O) groups excluding carboxylic acids is 2. The lowest BCUT2D eigenvalue weighted by atomic mass is 9.70. The van der Waals surface area contributed by atoms with E-state index in [1.165, 1.54) is 0 Å². The van der Waals surface area contributed by atoms with Gasteiger partial charge in [-0.15, -0.1) is 0 Å². The molecule has 0 N–H and O–H groups in total. The van der Waals surface area contributed by atoms with Crippen molar-refractivity contribution in [1.82, 2.24) is 0 Å². The molecule has 16 heavy (non-hydrogen) atoms. The van der Waals surface area contributed by atoms with Crippen molar-refractivity contribution in [1.29, 1.82) is 0 Å². The second-order valence-electron chi connectivity index (χ2n) is 5.41. The van der Waals surface area contributed by atoms with Crippen LogP contribution in [0.5, 0.6) is 0 Å². The van der Waals surface area contributed by atoms with E-state index in [-0.39, 0.29) is 17.0 Å². The first-order valence-electron chi connectivity index (χ1n) is 5.94. The van der Waals surface area contributed by atoms with Crippen LogP contribution in [0, 0.1) is 11.3 Å². The summed E-state index contributed by atoms with van der Waals surface area (Å²) < 4.78 is 0. The molecule has 0 unspecified atom stereocenters. The minimum absolute atomic E-state index is 0.0404. The van der Waals surface area contributed by atoms with E-state index < -0.39 is 5.92 Å². The number of rotatable bonds is 3. The lowest BCUT2D eigenvalue weighted by Gasteiger charge is -2.31. The first kappa shape index (κ1) is 13.1. The van der Waals surface area contributed by atoms with E-state index in [2.05, 4.69) is 4.99 Å². The Morgan fingerprint density at radius 1 is 1.31 bits per heavy atom. The van der Waals surface area contributed by atoms with E-state index in [1.54, 1.807) is 6.92 Å². The molecule has 1 rings (SSSR count). The molecule has 90 valence electrons. The van der Waals surface area contributed by atoms with Gasteiger partial charge in [0.25, 0.3) is 0 Å². The minimum atomic E-state index is -0.556. The van der Waals surface area contributed by atoms with Crippen molar-refractivity contribution in [2.75, 3.05) is 6.54 Å². The molecule has 0 aliphatic heterocycles. The number of hydrogen-bond donors (Lipinski definition) is 0. The molecule has 0 bridgehead atoms. The van der Waals surface area contributed by atoms with Crippen LogP contribution in [0.15, 0.2) is 4.99 Å². The Morgan fingerprint density at radius 2 is 1.81 bits per heavy atom. The summed E-state index contributed by atoms with van der Waals surface area (Å²) in [5.41, 5.74) is 0.530. The molecule has 0 amide bonds. The van der Waals surface area contributed by atoms with Crippen molar-refractivity contribution in [3.63, 3.8) is 0 Å². The Morgan fingerprint density at radius 3 is 2.25 bits per heavy atom. The largest absolute Gasteiger partial charge is 0.298 e. The second kappa shape index (κ2) is 4.89. The van der Waals surface area contributed by atoms with Crippen LogP contribution in [0.25, 0.3) is 0 Å². The molecule has 0 aromatic carbocycles. The molecule has 0 spiro atoms. The number of hydrogen-bond acceptors (Lipinski definition) is 3. The van der Waals surface area contributed by atoms with Crippen molar-refractivity contribution in [3.8, 4) is 0 Å². The van der Waals surface area contributed by atoms with Gasteiger partial charge in [0.05, 0.1) is 0 Å². The van der Waals surface area contributed by atoms with Gasteiger partial charge in [-0.3, -0.25) is 14.6 Å². The molecule has 1 aliphatic carbocycles. The molecule has 0 atom stereocenters. The first-order chi connectivity index (χ1) is 7.37. The summed E-state index contributed by atoms with van der Waals surface area (Å²) in [5.74, 6) is -0.475. The predicted octanol–water partition coefficient (Wildman–Crippen LogP) is 2.43. The van der Waals surface area contributed by atoms with Crippen LogP contribution < -0.4 is 0 Å². The van der Waals surface area contributed by atoms with Crippen LogP contribution in [0.4, 0.5) is 0 Å². The maximum Gasteiger partial charge on any atom is 0.149 e. The average Bonchev–Trinajstić information content (AvgIpc) is 2.11. The van der Waals surface area contributed by atoms with Crippen molar-refractivity contribution < 1.29 is 9.59 Å². The van der Waals surface area contributed by atoms with E-state index in [9.17, 15) is 9.59 Å². The highest BCUT2D eigenvalue weighted by molar-refractivity contribution is 6.21. The fourth-order valence-electron chi connectivity index (χ4n) is 2.23. The molecule has 1 fully saturated rings. The topological polar surface area (TPSA) is 46.5 Å². The maximum atomic E-state index is 11.9. The third-order valence-electron chi connectivity index (χ3n) is 2.95. The SMILES string of the molecule is CCCN=C(C)C1C(=O)CC(C)(C)CC1=O. The number of ketones is 2. The van der Waals surface area contributed by atoms with Gasteiger partial charge in [0.2, 0.25) is 0 Å². The molecule has 3 heteroatoms. The van der Waals surface area contributed by atoms with Gasteiger partial charge < -0.3 is 0 Å². The van der Waals surface area contributed by atoms with E-state index in [4.69, 9.17) is 0 Å². The van der Waals surface area contributed by atoms with E-state index in [1.807, 2.05) is 20.8 Å². The molecule has 0 radical (unpaired) electrons. The zero-order chi connectivity index (χ0) is 12.3. The van der Waals surface area contributed by atoms with Crippen molar-refractivity contribution >= 4 is 17.3 Å². The van der Waals surface area contributed by atoms with Gasteiger partial charge >= 0.3 is 0 Å². The predicted molar refractivity (Wildman–Crippen MR) is 64.8 cm³/mol. The second-order valence-corrected chi connectivity index (χ2v) is 5.41.